The fourth-order valence-corrected chi connectivity index (χ4v) is 7.53. The fourth-order valence-electron chi connectivity index (χ4n) is 7.53. The van der Waals surface area contributed by atoms with Gasteiger partial charge in [0.25, 0.3) is 0 Å². The summed E-state index contributed by atoms with van der Waals surface area (Å²) in [7, 11) is 1.48. The molecule has 0 aromatic carbocycles. The molecule has 33 heavy (non-hydrogen) atoms. The minimum absolute atomic E-state index is 0.0484. The van der Waals surface area contributed by atoms with Crippen molar-refractivity contribution < 1.29 is 18.7 Å². The van der Waals surface area contributed by atoms with Crippen LogP contribution in [-0.2, 0) is 16.0 Å². The lowest BCUT2D eigenvalue weighted by Crippen LogP contribution is -2.63. The topological polar surface area (TPSA) is 78.6 Å². The van der Waals surface area contributed by atoms with Crippen molar-refractivity contribution in [3.63, 3.8) is 0 Å². The van der Waals surface area contributed by atoms with E-state index < -0.39 is 0 Å². The van der Waals surface area contributed by atoms with Crippen molar-refractivity contribution in [1.82, 2.24) is 4.98 Å². The maximum absolute atomic E-state index is 13.1. The van der Waals surface area contributed by atoms with Crippen LogP contribution in [-0.4, -0.2) is 23.7 Å². The van der Waals surface area contributed by atoms with Gasteiger partial charge >= 0.3 is 11.6 Å². The van der Waals surface area contributed by atoms with Crippen LogP contribution in [0.4, 0.5) is 0 Å². The van der Waals surface area contributed by atoms with E-state index in [2.05, 4.69) is 32.7 Å². The Labute approximate surface area is 194 Å². The van der Waals surface area contributed by atoms with Crippen LogP contribution in [0.3, 0.4) is 0 Å². The van der Waals surface area contributed by atoms with E-state index in [4.69, 9.17) is 13.9 Å². The molecule has 2 aliphatic carbocycles. The van der Waals surface area contributed by atoms with Crippen LogP contribution < -0.4 is 10.4 Å². The van der Waals surface area contributed by atoms with Crippen molar-refractivity contribution in [1.29, 1.82) is 0 Å². The van der Waals surface area contributed by atoms with Crippen LogP contribution in [0.25, 0.3) is 11.3 Å². The summed E-state index contributed by atoms with van der Waals surface area (Å²) in [5, 5.41) is 0. The van der Waals surface area contributed by atoms with Crippen LogP contribution >= 0.6 is 0 Å². The molecule has 2 aromatic heterocycles. The van der Waals surface area contributed by atoms with Gasteiger partial charge in [-0.2, -0.15) is 0 Å². The molecule has 3 heterocycles. The number of fused-ring (bicyclic) bond motifs is 4. The highest BCUT2D eigenvalue weighted by atomic mass is 16.5. The SMILES string of the molecule is COC(=O)C1CCC2(C)C3Cc4c(cc(-c5cccnc5)oc4=O)OC3(C)CCC2C1(C)C. The Kier molecular flexibility index (Phi) is 5.00. The zero-order chi connectivity index (χ0) is 23.6. The number of hydrogen-bond donors (Lipinski definition) is 0. The molecule has 2 fully saturated rings. The van der Waals surface area contributed by atoms with Crippen molar-refractivity contribution >= 4 is 5.97 Å². The summed E-state index contributed by atoms with van der Waals surface area (Å²) < 4.78 is 17.5. The first-order valence-corrected chi connectivity index (χ1v) is 11.9. The number of rotatable bonds is 2. The number of aromatic nitrogens is 1. The summed E-state index contributed by atoms with van der Waals surface area (Å²) in [6.07, 6.45) is 7.59. The number of carbonyl (C=O) groups is 1. The van der Waals surface area contributed by atoms with E-state index in [0.29, 0.717) is 29.4 Å². The quantitative estimate of drug-likeness (QED) is 0.596. The molecule has 2 aromatic rings. The second-order valence-corrected chi connectivity index (χ2v) is 11.2. The summed E-state index contributed by atoms with van der Waals surface area (Å²) in [6, 6.07) is 5.54. The Morgan fingerprint density at radius 3 is 2.64 bits per heavy atom. The molecule has 6 heteroatoms. The van der Waals surface area contributed by atoms with Gasteiger partial charge in [-0.05, 0) is 67.9 Å². The fraction of sp³-hybridized carbons (Fsp3) is 0.593. The van der Waals surface area contributed by atoms with Crippen molar-refractivity contribution in [2.75, 3.05) is 7.11 Å². The Bertz CT molecular complexity index is 1140. The number of nitrogens with zero attached hydrogens (tertiary/aromatic N) is 1. The summed E-state index contributed by atoms with van der Waals surface area (Å²) in [4.78, 5) is 29.8. The molecule has 5 rings (SSSR count). The molecule has 1 aliphatic heterocycles. The van der Waals surface area contributed by atoms with Crippen molar-refractivity contribution in [3.8, 4) is 17.1 Å². The van der Waals surface area contributed by atoms with Gasteiger partial charge in [-0.1, -0.05) is 20.8 Å². The van der Waals surface area contributed by atoms with Crippen molar-refractivity contribution in [2.24, 2.45) is 28.6 Å². The maximum atomic E-state index is 13.1. The van der Waals surface area contributed by atoms with E-state index in [0.717, 1.165) is 31.2 Å². The molecule has 0 N–H and O–H groups in total. The third-order valence-corrected chi connectivity index (χ3v) is 9.22. The first-order chi connectivity index (χ1) is 15.6. The third kappa shape index (κ3) is 3.24. The highest BCUT2D eigenvalue weighted by Gasteiger charge is 2.63. The Balaban J connectivity index is 1.53. The van der Waals surface area contributed by atoms with Gasteiger partial charge in [0.05, 0.1) is 18.6 Å². The number of methoxy groups -OCH3 is 1. The molecule has 3 aliphatic rings. The van der Waals surface area contributed by atoms with Gasteiger partial charge in [0.2, 0.25) is 0 Å². The van der Waals surface area contributed by atoms with Gasteiger partial charge in [0, 0.05) is 29.9 Å². The van der Waals surface area contributed by atoms with E-state index in [-0.39, 0.29) is 39.9 Å². The standard InChI is InChI=1S/C27H33NO5/c1-25(2)18(24(30)31-5)8-10-26(3)21(25)9-11-27(4)22(26)13-17-20(33-27)14-19(32-23(17)29)16-7-6-12-28-15-16/h6-7,12,14-15,18,21-22H,8-11,13H2,1-5H3. The van der Waals surface area contributed by atoms with Crippen molar-refractivity contribution in [2.45, 2.75) is 65.4 Å². The predicted molar refractivity (Wildman–Crippen MR) is 124 cm³/mol. The lowest BCUT2D eigenvalue weighted by Gasteiger charge is -2.64. The van der Waals surface area contributed by atoms with E-state index >= 15 is 0 Å². The number of hydrogen-bond acceptors (Lipinski definition) is 6. The second-order valence-electron chi connectivity index (χ2n) is 11.2. The molecule has 5 unspecified atom stereocenters. The second kappa shape index (κ2) is 7.44. The average Bonchev–Trinajstić information content (AvgIpc) is 2.77. The van der Waals surface area contributed by atoms with E-state index in [1.54, 1.807) is 12.4 Å². The van der Waals surface area contributed by atoms with Gasteiger partial charge in [0.15, 0.2) is 0 Å². The van der Waals surface area contributed by atoms with Crippen molar-refractivity contribution in [3.05, 3.63) is 46.6 Å². The van der Waals surface area contributed by atoms with Gasteiger partial charge in [0.1, 0.15) is 17.1 Å². The minimum Gasteiger partial charge on any atom is -0.487 e. The molecule has 6 nitrogen and oxygen atoms in total. The molecule has 0 radical (unpaired) electrons. The summed E-state index contributed by atoms with van der Waals surface area (Å²) >= 11 is 0. The van der Waals surface area contributed by atoms with E-state index in [1.165, 1.54) is 7.11 Å². The summed E-state index contributed by atoms with van der Waals surface area (Å²) in [5.41, 5.74) is 0.448. The molecule has 0 amide bonds. The maximum Gasteiger partial charge on any atom is 0.343 e. The molecule has 176 valence electrons. The predicted octanol–water partition coefficient (Wildman–Crippen LogP) is 5.04. The molecule has 2 saturated carbocycles. The Hall–Kier alpha value is -2.63. The Morgan fingerprint density at radius 1 is 1.15 bits per heavy atom. The van der Waals surface area contributed by atoms with E-state index in [9.17, 15) is 9.59 Å². The number of pyridine rings is 1. The summed E-state index contributed by atoms with van der Waals surface area (Å²) in [6.45, 7) is 8.96. The van der Waals surface area contributed by atoms with Crippen LogP contribution in [0.15, 0.2) is 39.8 Å². The molecular formula is C27H33NO5. The van der Waals surface area contributed by atoms with Crippen LogP contribution in [0.5, 0.6) is 5.75 Å². The first kappa shape index (κ1) is 22.2. The minimum atomic E-state index is -0.369. The highest BCUT2D eigenvalue weighted by molar-refractivity contribution is 5.73. The van der Waals surface area contributed by atoms with Gasteiger partial charge in [-0.3, -0.25) is 9.78 Å². The number of ether oxygens (including phenoxy) is 2. The van der Waals surface area contributed by atoms with Gasteiger partial charge in [-0.25, -0.2) is 4.79 Å². The smallest absolute Gasteiger partial charge is 0.343 e. The van der Waals surface area contributed by atoms with Crippen LogP contribution in [0, 0.1) is 28.6 Å². The van der Waals surface area contributed by atoms with E-state index in [1.807, 2.05) is 18.2 Å². The molecule has 0 bridgehead atoms. The largest absolute Gasteiger partial charge is 0.487 e. The highest BCUT2D eigenvalue weighted by Crippen LogP contribution is 2.65. The Morgan fingerprint density at radius 2 is 1.94 bits per heavy atom. The van der Waals surface area contributed by atoms with Crippen LogP contribution in [0.1, 0.15) is 58.9 Å². The molecule has 5 atom stereocenters. The first-order valence-electron chi connectivity index (χ1n) is 11.9. The number of esters is 1. The molecule has 0 spiro atoms. The lowest BCUT2D eigenvalue weighted by atomic mass is 9.42. The summed E-state index contributed by atoms with van der Waals surface area (Å²) in [5.74, 6) is 1.41. The molecular weight excluding hydrogens is 418 g/mol. The normalized spacial score (nSPS) is 34.3. The third-order valence-electron chi connectivity index (χ3n) is 9.22. The number of carbonyl (C=O) groups excluding carboxylic acids is 1. The monoisotopic (exact) mass is 451 g/mol. The average molecular weight is 452 g/mol. The molecule has 0 saturated heterocycles. The lowest BCUT2D eigenvalue weighted by molar-refractivity contribution is -0.189. The van der Waals surface area contributed by atoms with Gasteiger partial charge in [-0.15, -0.1) is 0 Å². The van der Waals surface area contributed by atoms with Gasteiger partial charge < -0.3 is 13.9 Å². The van der Waals surface area contributed by atoms with Crippen LogP contribution in [0.2, 0.25) is 0 Å². The zero-order valence-corrected chi connectivity index (χ0v) is 20.1. The zero-order valence-electron chi connectivity index (χ0n) is 20.1.